The molecule has 0 aliphatic carbocycles. The van der Waals surface area contributed by atoms with Gasteiger partial charge in [-0.25, -0.2) is 9.97 Å². The number of halogens is 1. The van der Waals surface area contributed by atoms with Crippen LogP contribution < -0.4 is 9.80 Å². The van der Waals surface area contributed by atoms with E-state index in [0.717, 1.165) is 65.5 Å². The number of aryl methyl sites for hydroxylation is 1. The largest absolute Gasteiger partial charge is 0.367 e. The topological polar surface area (TPSA) is 72.9 Å². The van der Waals surface area contributed by atoms with E-state index in [0.29, 0.717) is 37.5 Å². The smallest absolute Gasteiger partial charge is 0.253 e. The lowest BCUT2D eigenvalue weighted by molar-refractivity contribution is -0.130. The Kier molecular flexibility index (Phi) is 9.11. The van der Waals surface area contributed by atoms with E-state index in [2.05, 4.69) is 28.9 Å². The first-order valence-electron chi connectivity index (χ1n) is 13.8. The maximum atomic E-state index is 13.1. The number of hydrogen-bond acceptors (Lipinski definition) is 7. The Labute approximate surface area is 245 Å². The summed E-state index contributed by atoms with van der Waals surface area (Å²) < 4.78 is 0. The normalized spacial score (nSPS) is 15.9. The van der Waals surface area contributed by atoms with Crippen LogP contribution in [-0.2, 0) is 17.0 Å². The highest BCUT2D eigenvalue weighted by atomic mass is 35.5. The SMILES string of the molecule is CCc1cc(N2CCN(c3ccccc3Cl)CC2)nc(SCc2cccc(C(=O)N3CCN(C(C)=O)CC3)c2)n1. The fraction of sp³-hybridized carbons (Fsp3) is 0.400. The maximum absolute atomic E-state index is 13.1. The molecule has 210 valence electrons. The van der Waals surface area contributed by atoms with Crippen LogP contribution in [0.1, 0.15) is 35.5 Å². The van der Waals surface area contributed by atoms with Crippen LogP contribution in [0.5, 0.6) is 0 Å². The zero-order chi connectivity index (χ0) is 28.1. The summed E-state index contributed by atoms with van der Waals surface area (Å²) in [5.41, 5.74) is 3.83. The fourth-order valence-electron chi connectivity index (χ4n) is 5.10. The first-order chi connectivity index (χ1) is 19.4. The van der Waals surface area contributed by atoms with Gasteiger partial charge in [-0.15, -0.1) is 0 Å². The van der Waals surface area contributed by atoms with Crippen molar-refractivity contribution in [2.24, 2.45) is 0 Å². The van der Waals surface area contributed by atoms with Gasteiger partial charge in [-0.2, -0.15) is 0 Å². The van der Waals surface area contributed by atoms with Gasteiger partial charge in [0.05, 0.1) is 10.7 Å². The molecule has 2 saturated heterocycles. The Bertz CT molecular complexity index is 1360. The summed E-state index contributed by atoms with van der Waals surface area (Å²) in [5.74, 6) is 1.70. The second kappa shape index (κ2) is 12.9. The molecule has 2 amide bonds. The Balaban J connectivity index is 1.21. The number of piperazine rings is 2. The molecule has 3 heterocycles. The highest BCUT2D eigenvalue weighted by molar-refractivity contribution is 7.98. The zero-order valence-electron chi connectivity index (χ0n) is 23.1. The van der Waals surface area contributed by atoms with E-state index in [1.54, 1.807) is 23.6 Å². The van der Waals surface area contributed by atoms with E-state index in [-0.39, 0.29) is 11.8 Å². The third kappa shape index (κ3) is 6.70. The third-order valence-electron chi connectivity index (χ3n) is 7.46. The van der Waals surface area contributed by atoms with E-state index < -0.39 is 0 Å². The lowest BCUT2D eigenvalue weighted by Crippen LogP contribution is -2.50. The number of aromatic nitrogens is 2. The van der Waals surface area contributed by atoms with Crippen LogP contribution in [0.4, 0.5) is 11.5 Å². The number of rotatable bonds is 7. The number of nitrogens with zero attached hydrogens (tertiary/aromatic N) is 6. The number of hydrogen-bond donors (Lipinski definition) is 0. The molecule has 2 aliphatic heterocycles. The minimum Gasteiger partial charge on any atom is -0.367 e. The summed E-state index contributed by atoms with van der Waals surface area (Å²) in [4.78, 5) is 42.7. The molecule has 8 nitrogen and oxygen atoms in total. The van der Waals surface area contributed by atoms with Crippen LogP contribution in [0.25, 0.3) is 0 Å². The van der Waals surface area contributed by atoms with Gasteiger partial charge in [0, 0.05) is 82.4 Å². The average Bonchev–Trinajstić information content (AvgIpc) is 3.00. The van der Waals surface area contributed by atoms with Crippen molar-refractivity contribution in [1.82, 2.24) is 19.8 Å². The second-order valence-corrected chi connectivity index (χ2v) is 11.4. The molecule has 0 unspecified atom stereocenters. The Morgan fingerprint density at radius 1 is 0.850 bits per heavy atom. The molecule has 3 aromatic rings. The Morgan fingerprint density at radius 2 is 1.55 bits per heavy atom. The fourth-order valence-corrected chi connectivity index (χ4v) is 6.17. The molecule has 2 fully saturated rings. The number of amides is 2. The van der Waals surface area contributed by atoms with Crippen molar-refractivity contribution in [2.75, 3.05) is 62.2 Å². The molecule has 2 aliphatic rings. The lowest BCUT2D eigenvalue weighted by Gasteiger charge is -2.37. The number of para-hydroxylation sites is 1. The van der Waals surface area contributed by atoms with Crippen LogP contribution in [0.3, 0.4) is 0 Å². The third-order valence-corrected chi connectivity index (χ3v) is 8.70. The number of carbonyl (C=O) groups excluding carboxylic acids is 2. The van der Waals surface area contributed by atoms with Crippen molar-refractivity contribution >= 4 is 46.7 Å². The van der Waals surface area contributed by atoms with E-state index in [9.17, 15) is 9.59 Å². The molecule has 0 radical (unpaired) electrons. The summed E-state index contributed by atoms with van der Waals surface area (Å²) in [5, 5.41) is 1.53. The molecule has 5 rings (SSSR count). The van der Waals surface area contributed by atoms with Gasteiger partial charge >= 0.3 is 0 Å². The number of thioether (sulfide) groups is 1. The molecule has 1 aromatic heterocycles. The lowest BCUT2D eigenvalue weighted by atomic mass is 10.1. The number of carbonyl (C=O) groups is 2. The van der Waals surface area contributed by atoms with E-state index in [1.165, 1.54) is 0 Å². The molecule has 10 heteroatoms. The van der Waals surface area contributed by atoms with Gasteiger partial charge in [-0.1, -0.05) is 54.6 Å². The molecular weight excluding hydrogens is 544 g/mol. The Hall–Kier alpha value is -3.30. The molecule has 0 bridgehead atoms. The van der Waals surface area contributed by atoms with Gasteiger partial charge in [0.15, 0.2) is 5.16 Å². The predicted molar refractivity (Wildman–Crippen MR) is 161 cm³/mol. The van der Waals surface area contributed by atoms with Crippen molar-refractivity contribution in [1.29, 1.82) is 0 Å². The highest BCUT2D eigenvalue weighted by Gasteiger charge is 2.24. The zero-order valence-corrected chi connectivity index (χ0v) is 24.6. The van der Waals surface area contributed by atoms with Crippen molar-refractivity contribution < 1.29 is 9.59 Å². The van der Waals surface area contributed by atoms with Crippen molar-refractivity contribution in [2.45, 2.75) is 31.2 Å². The summed E-state index contributed by atoms with van der Waals surface area (Å²) >= 11 is 8.02. The first kappa shape index (κ1) is 28.2. The first-order valence-corrected chi connectivity index (χ1v) is 15.2. The summed E-state index contributed by atoms with van der Waals surface area (Å²) in [6, 6.07) is 17.9. The summed E-state index contributed by atoms with van der Waals surface area (Å²) in [6.07, 6.45) is 0.837. The molecular formula is C30H35ClN6O2S. The standard InChI is InChI=1S/C30H35ClN6O2S/c1-3-25-20-28(36-15-13-35(14-16-36)27-10-5-4-9-26(27)31)33-30(32-25)40-21-23-7-6-8-24(19-23)29(39)37-17-11-34(12-18-37)22(2)38/h4-10,19-20H,3,11-18,21H2,1-2H3. The quantitative estimate of drug-likeness (QED) is 0.299. The van der Waals surface area contributed by atoms with Gasteiger partial charge in [-0.3, -0.25) is 9.59 Å². The Morgan fingerprint density at radius 3 is 2.25 bits per heavy atom. The van der Waals surface area contributed by atoms with Gasteiger partial charge in [0.1, 0.15) is 5.82 Å². The van der Waals surface area contributed by atoms with Crippen LogP contribution in [0.15, 0.2) is 59.8 Å². The molecule has 2 aromatic carbocycles. The molecule has 0 saturated carbocycles. The van der Waals surface area contributed by atoms with Crippen LogP contribution in [0.2, 0.25) is 5.02 Å². The van der Waals surface area contributed by atoms with Gasteiger partial charge in [-0.05, 0) is 36.2 Å². The molecule has 40 heavy (non-hydrogen) atoms. The maximum Gasteiger partial charge on any atom is 0.253 e. The summed E-state index contributed by atoms with van der Waals surface area (Å²) in [7, 11) is 0. The monoisotopic (exact) mass is 578 g/mol. The molecule has 0 atom stereocenters. The highest BCUT2D eigenvalue weighted by Crippen LogP contribution is 2.28. The minimum atomic E-state index is 0.0116. The molecule has 0 N–H and O–H groups in total. The van der Waals surface area contributed by atoms with Crippen LogP contribution >= 0.6 is 23.4 Å². The van der Waals surface area contributed by atoms with Crippen LogP contribution in [-0.4, -0.2) is 83.9 Å². The second-order valence-electron chi connectivity index (χ2n) is 10.1. The predicted octanol–water partition coefficient (Wildman–Crippen LogP) is 4.62. The van der Waals surface area contributed by atoms with Crippen LogP contribution in [0, 0.1) is 0 Å². The van der Waals surface area contributed by atoms with Gasteiger partial charge in [0.2, 0.25) is 5.91 Å². The van der Waals surface area contributed by atoms with Crippen molar-refractivity contribution in [3.63, 3.8) is 0 Å². The minimum absolute atomic E-state index is 0.0116. The number of anilines is 2. The summed E-state index contributed by atoms with van der Waals surface area (Å²) in [6.45, 7) is 9.45. The average molecular weight is 579 g/mol. The van der Waals surface area contributed by atoms with E-state index >= 15 is 0 Å². The van der Waals surface area contributed by atoms with Crippen molar-refractivity contribution in [3.8, 4) is 0 Å². The van der Waals surface area contributed by atoms with E-state index in [1.807, 2.05) is 47.4 Å². The molecule has 0 spiro atoms. The van der Waals surface area contributed by atoms with Gasteiger partial charge < -0.3 is 19.6 Å². The number of benzene rings is 2. The van der Waals surface area contributed by atoms with E-state index in [4.69, 9.17) is 21.6 Å². The van der Waals surface area contributed by atoms with Crippen molar-refractivity contribution in [3.05, 3.63) is 76.4 Å². The van der Waals surface area contributed by atoms with Gasteiger partial charge in [0.25, 0.3) is 5.91 Å².